The zero-order chi connectivity index (χ0) is 15.9. The molecule has 0 saturated carbocycles. The van der Waals surface area contributed by atoms with Crippen LogP contribution in [-0.4, -0.2) is 29.3 Å². The zero-order valence-electron chi connectivity index (χ0n) is 11.3. The topological polar surface area (TPSA) is 64.4 Å². The fourth-order valence-corrected chi connectivity index (χ4v) is 1.91. The molecule has 1 N–H and O–H groups in total. The molecule has 0 unspecified atom stereocenters. The summed E-state index contributed by atoms with van der Waals surface area (Å²) in [6.45, 7) is 2.85. The number of halogens is 3. The Morgan fingerprint density at radius 2 is 2.14 bits per heavy atom. The summed E-state index contributed by atoms with van der Waals surface area (Å²) in [5.41, 5.74) is -3.87. The molecule has 21 heavy (non-hydrogen) atoms. The van der Waals surface area contributed by atoms with Gasteiger partial charge in [0.05, 0.1) is 11.5 Å². The second kappa shape index (κ2) is 8.08. The van der Waals surface area contributed by atoms with E-state index in [1.807, 2.05) is 6.92 Å². The van der Waals surface area contributed by atoms with Gasteiger partial charge in [0.1, 0.15) is 0 Å². The average Bonchev–Trinajstić information content (AvgIpc) is 2.40. The number of hydrogen-bond donors (Lipinski definition) is 1. The maximum Gasteiger partial charge on any atom is 0.441 e. The van der Waals surface area contributed by atoms with Gasteiger partial charge in [-0.05, 0) is 29.9 Å². The minimum absolute atomic E-state index is 0.0250. The van der Waals surface area contributed by atoms with Crippen molar-refractivity contribution in [3.63, 3.8) is 0 Å². The van der Waals surface area contributed by atoms with Crippen molar-refractivity contribution in [2.24, 2.45) is 0 Å². The molecule has 1 rings (SSSR count). The third-order valence-corrected chi connectivity index (χ3v) is 3.10. The van der Waals surface area contributed by atoms with Gasteiger partial charge in [-0.3, -0.25) is 10.1 Å². The van der Waals surface area contributed by atoms with Crippen molar-refractivity contribution in [3.05, 3.63) is 33.9 Å². The van der Waals surface area contributed by atoms with Crippen molar-refractivity contribution >= 4 is 17.4 Å². The second-order valence-corrected chi connectivity index (χ2v) is 5.14. The summed E-state index contributed by atoms with van der Waals surface area (Å²) >= 11 is -0.224. The molecule has 0 fully saturated rings. The van der Waals surface area contributed by atoms with E-state index in [1.54, 1.807) is 6.07 Å². The third kappa shape index (κ3) is 6.67. The maximum absolute atomic E-state index is 12.0. The molecular weight excluding hydrogens is 309 g/mol. The van der Waals surface area contributed by atoms with E-state index >= 15 is 0 Å². The quantitative estimate of drug-likeness (QED) is 0.451. The molecule has 0 aromatic heterocycles. The highest BCUT2D eigenvalue weighted by molar-refractivity contribution is 8.00. The Morgan fingerprint density at radius 3 is 2.71 bits per heavy atom. The highest BCUT2D eigenvalue weighted by atomic mass is 32.2. The van der Waals surface area contributed by atoms with E-state index < -0.39 is 10.4 Å². The monoisotopic (exact) mass is 324 g/mol. The van der Waals surface area contributed by atoms with Crippen molar-refractivity contribution in [3.8, 4) is 5.75 Å². The molecule has 9 heteroatoms. The minimum Gasteiger partial charge on any atom is -0.486 e. The lowest BCUT2D eigenvalue weighted by Crippen LogP contribution is -2.12. The van der Waals surface area contributed by atoms with E-state index in [-0.39, 0.29) is 35.6 Å². The molecule has 0 saturated heterocycles. The standard InChI is InChI=1S/C12H15F3N2O3S/c1-2-16-8-9-3-4-11(10(7-9)17(18)19)20-5-6-21-12(13,14)15/h3-4,7,16H,2,5-6,8H2,1H3. The molecule has 0 radical (unpaired) electrons. The van der Waals surface area contributed by atoms with Crippen molar-refractivity contribution in [2.45, 2.75) is 19.0 Å². The first-order valence-corrected chi connectivity index (χ1v) is 7.13. The number of ether oxygens (including phenoxy) is 1. The smallest absolute Gasteiger partial charge is 0.441 e. The fourth-order valence-electron chi connectivity index (χ4n) is 1.52. The van der Waals surface area contributed by atoms with Crippen LogP contribution in [0.3, 0.4) is 0 Å². The highest BCUT2D eigenvalue weighted by Gasteiger charge is 2.27. The van der Waals surface area contributed by atoms with Gasteiger partial charge in [0.15, 0.2) is 5.75 Å². The first-order valence-electron chi connectivity index (χ1n) is 6.15. The Labute approximate surface area is 124 Å². The van der Waals surface area contributed by atoms with Crippen molar-refractivity contribution < 1.29 is 22.8 Å². The molecule has 0 aliphatic carbocycles. The summed E-state index contributed by atoms with van der Waals surface area (Å²) < 4.78 is 40.9. The Kier molecular flexibility index (Phi) is 6.76. The van der Waals surface area contributed by atoms with Crippen LogP contribution in [0.1, 0.15) is 12.5 Å². The van der Waals surface area contributed by atoms with Gasteiger partial charge in [0, 0.05) is 18.4 Å². The lowest BCUT2D eigenvalue weighted by atomic mass is 10.2. The van der Waals surface area contributed by atoms with Crippen LogP contribution in [0.25, 0.3) is 0 Å². The molecule has 0 amide bonds. The van der Waals surface area contributed by atoms with Crippen molar-refractivity contribution in [1.29, 1.82) is 0 Å². The van der Waals surface area contributed by atoms with Crippen LogP contribution in [0, 0.1) is 10.1 Å². The Bertz CT molecular complexity index is 483. The van der Waals surface area contributed by atoms with E-state index in [0.717, 1.165) is 6.54 Å². The zero-order valence-corrected chi connectivity index (χ0v) is 12.1. The molecule has 0 heterocycles. The van der Waals surface area contributed by atoms with Gasteiger partial charge in [-0.2, -0.15) is 13.2 Å². The SMILES string of the molecule is CCNCc1ccc(OCCSC(F)(F)F)c([N+](=O)[O-])c1. The van der Waals surface area contributed by atoms with Gasteiger partial charge in [-0.25, -0.2) is 0 Å². The molecular formula is C12H15F3N2O3S. The van der Waals surface area contributed by atoms with E-state index in [9.17, 15) is 23.3 Å². The summed E-state index contributed by atoms with van der Waals surface area (Å²) in [6.07, 6.45) is 0. The summed E-state index contributed by atoms with van der Waals surface area (Å²) in [4.78, 5) is 10.4. The molecule has 5 nitrogen and oxygen atoms in total. The first kappa shape index (κ1) is 17.6. The van der Waals surface area contributed by atoms with E-state index in [2.05, 4.69) is 5.32 Å². The van der Waals surface area contributed by atoms with E-state index in [0.29, 0.717) is 12.1 Å². The van der Waals surface area contributed by atoms with Crippen LogP contribution in [0.4, 0.5) is 18.9 Å². The summed E-state index contributed by atoms with van der Waals surface area (Å²) in [6, 6.07) is 4.40. The number of hydrogen-bond acceptors (Lipinski definition) is 5. The number of thioether (sulfide) groups is 1. The Morgan fingerprint density at radius 1 is 1.43 bits per heavy atom. The van der Waals surface area contributed by atoms with Crippen LogP contribution in [-0.2, 0) is 6.54 Å². The number of nitro groups is 1. The molecule has 0 aliphatic heterocycles. The normalized spacial score (nSPS) is 11.4. The summed E-state index contributed by atoms with van der Waals surface area (Å²) in [5, 5.41) is 14.0. The number of benzene rings is 1. The molecule has 1 aromatic carbocycles. The number of nitro benzene ring substituents is 1. The van der Waals surface area contributed by atoms with E-state index in [4.69, 9.17) is 4.74 Å². The predicted molar refractivity (Wildman–Crippen MR) is 74.5 cm³/mol. The summed E-state index contributed by atoms with van der Waals surface area (Å²) in [7, 11) is 0. The van der Waals surface area contributed by atoms with Gasteiger partial charge in [0.2, 0.25) is 0 Å². The molecule has 1 aromatic rings. The minimum atomic E-state index is -4.33. The number of nitrogens with one attached hydrogen (secondary N) is 1. The van der Waals surface area contributed by atoms with Crippen LogP contribution in [0.2, 0.25) is 0 Å². The average molecular weight is 324 g/mol. The molecule has 0 bridgehead atoms. The molecule has 0 spiro atoms. The lowest BCUT2D eigenvalue weighted by Gasteiger charge is -2.09. The predicted octanol–water partition coefficient (Wildman–Crippen LogP) is 3.34. The van der Waals surface area contributed by atoms with Crippen LogP contribution < -0.4 is 10.1 Å². The second-order valence-electron chi connectivity index (χ2n) is 3.98. The number of rotatable bonds is 8. The van der Waals surface area contributed by atoms with Crippen molar-refractivity contribution in [1.82, 2.24) is 5.32 Å². The van der Waals surface area contributed by atoms with Gasteiger partial charge in [-0.15, -0.1) is 0 Å². The number of nitrogens with zero attached hydrogens (tertiary/aromatic N) is 1. The molecule has 118 valence electrons. The van der Waals surface area contributed by atoms with Gasteiger partial charge >= 0.3 is 11.2 Å². The number of alkyl halides is 3. The Hall–Kier alpha value is -1.48. The largest absolute Gasteiger partial charge is 0.486 e. The first-order chi connectivity index (χ1) is 9.83. The Balaban J connectivity index is 2.66. The van der Waals surface area contributed by atoms with Crippen LogP contribution >= 0.6 is 11.8 Å². The van der Waals surface area contributed by atoms with Gasteiger partial charge < -0.3 is 10.1 Å². The van der Waals surface area contributed by atoms with Crippen molar-refractivity contribution in [2.75, 3.05) is 18.9 Å². The van der Waals surface area contributed by atoms with Gasteiger partial charge in [0.25, 0.3) is 0 Å². The molecule has 0 aliphatic rings. The highest BCUT2D eigenvalue weighted by Crippen LogP contribution is 2.31. The third-order valence-electron chi connectivity index (χ3n) is 2.41. The van der Waals surface area contributed by atoms with Gasteiger partial charge in [-0.1, -0.05) is 13.0 Å². The lowest BCUT2D eigenvalue weighted by molar-refractivity contribution is -0.385. The molecule has 0 atom stereocenters. The van der Waals surface area contributed by atoms with E-state index in [1.165, 1.54) is 12.1 Å². The maximum atomic E-state index is 12.0. The van der Waals surface area contributed by atoms with Crippen LogP contribution in [0.15, 0.2) is 18.2 Å². The fraction of sp³-hybridized carbons (Fsp3) is 0.500. The van der Waals surface area contributed by atoms with Crippen LogP contribution in [0.5, 0.6) is 5.75 Å². The summed E-state index contributed by atoms with van der Waals surface area (Å²) in [5.74, 6) is -0.345.